The first-order chi connectivity index (χ1) is 10.0. The molecule has 1 aromatic carbocycles. The molecule has 0 N–H and O–H groups in total. The molecule has 2 rings (SSSR count). The van der Waals surface area contributed by atoms with Crippen LogP contribution in [0.25, 0.3) is 6.08 Å². The van der Waals surface area contributed by atoms with Gasteiger partial charge in [-0.3, -0.25) is 0 Å². The standard InChI is InChI=1S/C19H26O2/c1-14(2)17-11-15(3)12-18(13-17)21-19(20)10-9-16-7-5-4-6-8-16/h4-10,14-15,17-18H,11-13H2,1-3H3/b10-9+/t15-,17-,18-/m0/s1. The van der Waals surface area contributed by atoms with Crippen LogP contribution in [0, 0.1) is 17.8 Å². The van der Waals surface area contributed by atoms with Gasteiger partial charge in [0.2, 0.25) is 0 Å². The van der Waals surface area contributed by atoms with Crippen molar-refractivity contribution in [2.24, 2.45) is 17.8 Å². The molecule has 0 radical (unpaired) electrons. The largest absolute Gasteiger partial charge is 0.459 e. The maximum Gasteiger partial charge on any atom is 0.331 e. The van der Waals surface area contributed by atoms with Crippen LogP contribution in [0.5, 0.6) is 0 Å². The first-order valence-electron chi connectivity index (χ1n) is 7.98. The molecule has 1 aliphatic rings. The molecular weight excluding hydrogens is 260 g/mol. The van der Waals surface area contributed by atoms with Crippen LogP contribution >= 0.6 is 0 Å². The first kappa shape index (κ1) is 15.8. The van der Waals surface area contributed by atoms with E-state index in [-0.39, 0.29) is 12.1 Å². The summed E-state index contributed by atoms with van der Waals surface area (Å²) < 4.78 is 5.64. The average Bonchev–Trinajstić information content (AvgIpc) is 2.45. The highest BCUT2D eigenvalue weighted by Gasteiger charge is 2.30. The van der Waals surface area contributed by atoms with Gasteiger partial charge in [0, 0.05) is 6.08 Å². The second-order valence-electron chi connectivity index (χ2n) is 6.62. The molecule has 2 heteroatoms. The number of carbonyl (C=O) groups excluding carboxylic acids is 1. The summed E-state index contributed by atoms with van der Waals surface area (Å²) in [5.41, 5.74) is 1.02. The van der Waals surface area contributed by atoms with Gasteiger partial charge in [-0.25, -0.2) is 4.79 Å². The lowest BCUT2D eigenvalue weighted by atomic mass is 9.75. The van der Waals surface area contributed by atoms with E-state index in [0.717, 1.165) is 18.4 Å². The molecule has 2 nitrogen and oxygen atoms in total. The minimum Gasteiger partial charge on any atom is -0.459 e. The minimum atomic E-state index is -0.222. The maximum absolute atomic E-state index is 12.0. The van der Waals surface area contributed by atoms with Gasteiger partial charge in [-0.2, -0.15) is 0 Å². The Morgan fingerprint density at radius 1 is 1.19 bits per heavy atom. The van der Waals surface area contributed by atoms with Gasteiger partial charge in [0.25, 0.3) is 0 Å². The Bertz CT molecular complexity index is 476. The zero-order chi connectivity index (χ0) is 15.2. The number of ether oxygens (including phenoxy) is 1. The van der Waals surface area contributed by atoms with E-state index in [2.05, 4.69) is 20.8 Å². The molecule has 0 saturated heterocycles. The maximum atomic E-state index is 12.0. The molecule has 0 aromatic heterocycles. The van der Waals surface area contributed by atoms with Crippen molar-refractivity contribution in [1.29, 1.82) is 0 Å². The van der Waals surface area contributed by atoms with Crippen molar-refractivity contribution < 1.29 is 9.53 Å². The summed E-state index contributed by atoms with van der Waals surface area (Å²) in [7, 11) is 0. The van der Waals surface area contributed by atoms with Crippen LogP contribution in [-0.2, 0) is 9.53 Å². The third-order valence-electron chi connectivity index (χ3n) is 4.37. The summed E-state index contributed by atoms with van der Waals surface area (Å²) >= 11 is 0. The number of rotatable bonds is 4. The summed E-state index contributed by atoms with van der Waals surface area (Å²) in [6.07, 6.45) is 6.69. The summed E-state index contributed by atoms with van der Waals surface area (Å²) in [6.45, 7) is 6.78. The van der Waals surface area contributed by atoms with Crippen LogP contribution < -0.4 is 0 Å². The SMILES string of the molecule is CC(C)[C@H]1C[C@H](C)C[C@H](OC(=O)/C=C/c2ccccc2)C1. The molecule has 114 valence electrons. The Balaban J connectivity index is 1.88. The monoisotopic (exact) mass is 286 g/mol. The molecule has 0 bridgehead atoms. The highest BCUT2D eigenvalue weighted by Crippen LogP contribution is 2.35. The molecular formula is C19H26O2. The Hall–Kier alpha value is -1.57. The van der Waals surface area contributed by atoms with Crippen molar-refractivity contribution in [3.8, 4) is 0 Å². The lowest BCUT2D eigenvalue weighted by molar-refractivity contribution is -0.146. The van der Waals surface area contributed by atoms with Gasteiger partial charge in [-0.05, 0) is 48.7 Å². The number of hydrogen-bond donors (Lipinski definition) is 0. The Kier molecular flexibility index (Phi) is 5.60. The zero-order valence-electron chi connectivity index (χ0n) is 13.3. The Labute approximate surface area is 128 Å². The molecule has 3 atom stereocenters. The van der Waals surface area contributed by atoms with Gasteiger partial charge in [0.1, 0.15) is 6.10 Å². The lowest BCUT2D eigenvalue weighted by Crippen LogP contribution is -2.31. The number of esters is 1. The average molecular weight is 286 g/mol. The zero-order valence-corrected chi connectivity index (χ0v) is 13.3. The molecule has 21 heavy (non-hydrogen) atoms. The van der Waals surface area contributed by atoms with Crippen LogP contribution in [0.3, 0.4) is 0 Å². The Morgan fingerprint density at radius 3 is 2.57 bits per heavy atom. The van der Waals surface area contributed by atoms with Crippen molar-refractivity contribution in [2.45, 2.75) is 46.1 Å². The topological polar surface area (TPSA) is 26.3 Å². The van der Waals surface area contributed by atoms with E-state index < -0.39 is 0 Å². The van der Waals surface area contributed by atoms with E-state index in [1.165, 1.54) is 6.42 Å². The molecule has 1 aliphatic carbocycles. The van der Waals surface area contributed by atoms with E-state index in [9.17, 15) is 4.79 Å². The third-order valence-corrected chi connectivity index (χ3v) is 4.37. The van der Waals surface area contributed by atoms with Crippen molar-refractivity contribution in [3.63, 3.8) is 0 Å². The van der Waals surface area contributed by atoms with E-state index >= 15 is 0 Å². The Morgan fingerprint density at radius 2 is 1.90 bits per heavy atom. The molecule has 0 unspecified atom stereocenters. The highest BCUT2D eigenvalue weighted by molar-refractivity contribution is 5.87. The van der Waals surface area contributed by atoms with E-state index in [1.54, 1.807) is 6.08 Å². The van der Waals surface area contributed by atoms with Crippen LogP contribution in [0.15, 0.2) is 36.4 Å². The van der Waals surface area contributed by atoms with Crippen molar-refractivity contribution in [1.82, 2.24) is 0 Å². The quantitative estimate of drug-likeness (QED) is 0.592. The number of carbonyl (C=O) groups is 1. The predicted octanol–water partition coefficient (Wildman–Crippen LogP) is 4.70. The summed E-state index contributed by atoms with van der Waals surface area (Å²) in [6, 6.07) is 9.83. The van der Waals surface area contributed by atoms with Crippen molar-refractivity contribution in [3.05, 3.63) is 42.0 Å². The number of benzene rings is 1. The lowest BCUT2D eigenvalue weighted by Gasteiger charge is -2.34. The fourth-order valence-electron chi connectivity index (χ4n) is 3.16. The molecule has 1 aromatic rings. The van der Waals surface area contributed by atoms with E-state index in [1.807, 2.05) is 36.4 Å². The van der Waals surface area contributed by atoms with Gasteiger partial charge in [-0.1, -0.05) is 51.1 Å². The van der Waals surface area contributed by atoms with Gasteiger partial charge >= 0.3 is 5.97 Å². The highest BCUT2D eigenvalue weighted by atomic mass is 16.5. The fraction of sp³-hybridized carbons (Fsp3) is 0.526. The molecule has 1 fully saturated rings. The van der Waals surface area contributed by atoms with Crippen LogP contribution in [0.2, 0.25) is 0 Å². The third kappa shape index (κ3) is 5.04. The smallest absolute Gasteiger partial charge is 0.331 e. The molecule has 0 spiro atoms. The minimum absolute atomic E-state index is 0.0778. The van der Waals surface area contributed by atoms with E-state index in [0.29, 0.717) is 17.8 Å². The normalized spacial score (nSPS) is 26.2. The number of hydrogen-bond acceptors (Lipinski definition) is 2. The fourth-order valence-corrected chi connectivity index (χ4v) is 3.16. The predicted molar refractivity (Wildman–Crippen MR) is 86.7 cm³/mol. The molecule has 0 amide bonds. The molecule has 1 saturated carbocycles. The van der Waals surface area contributed by atoms with Crippen molar-refractivity contribution >= 4 is 12.0 Å². The summed E-state index contributed by atoms with van der Waals surface area (Å²) in [5.74, 6) is 1.75. The van der Waals surface area contributed by atoms with Crippen LogP contribution in [-0.4, -0.2) is 12.1 Å². The van der Waals surface area contributed by atoms with Gasteiger partial charge in [-0.15, -0.1) is 0 Å². The van der Waals surface area contributed by atoms with Gasteiger partial charge in [0.15, 0.2) is 0 Å². The summed E-state index contributed by atoms with van der Waals surface area (Å²) in [4.78, 5) is 12.0. The molecule has 0 heterocycles. The first-order valence-corrected chi connectivity index (χ1v) is 7.98. The second-order valence-corrected chi connectivity index (χ2v) is 6.62. The molecule has 0 aliphatic heterocycles. The van der Waals surface area contributed by atoms with Crippen molar-refractivity contribution in [2.75, 3.05) is 0 Å². The summed E-state index contributed by atoms with van der Waals surface area (Å²) in [5, 5.41) is 0. The van der Waals surface area contributed by atoms with Gasteiger partial charge in [0.05, 0.1) is 0 Å². The van der Waals surface area contributed by atoms with Crippen LogP contribution in [0.1, 0.15) is 45.6 Å². The van der Waals surface area contributed by atoms with E-state index in [4.69, 9.17) is 4.74 Å². The van der Waals surface area contributed by atoms with Gasteiger partial charge < -0.3 is 4.74 Å². The second kappa shape index (κ2) is 7.44. The van der Waals surface area contributed by atoms with Crippen LogP contribution in [0.4, 0.5) is 0 Å².